The maximum absolute atomic E-state index is 7.97. The molecule has 0 aromatic rings. The molecule has 0 bridgehead atoms. The van der Waals surface area contributed by atoms with Crippen molar-refractivity contribution in [2.75, 3.05) is 12.3 Å². The van der Waals surface area contributed by atoms with Crippen LogP contribution in [0.15, 0.2) is 0 Å². The molecule has 0 rings (SSSR count). The maximum Gasteiger partial charge on any atom is 0.133 e. The molecule has 0 aromatic carbocycles. The minimum Gasteiger partial charge on any atom is -0.330 e. The van der Waals surface area contributed by atoms with E-state index in [4.69, 9.17) is 11.0 Å². The van der Waals surface area contributed by atoms with Crippen molar-refractivity contribution < 1.29 is 0 Å². The highest BCUT2D eigenvalue weighted by molar-refractivity contribution is 8.93. The highest BCUT2D eigenvalue weighted by atomic mass is 79.9. The van der Waals surface area contributed by atoms with E-state index in [1.165, 1.54) is 11.8 Å². The number of halogens is 1. The van der Waals surface area contributed by atoms with E-state index in [1.807, 2.05) is 5.40 Å². The minimum absolute atomic E-state index is 0. The summed E-state index contributed by atoms with van der Waals surface area (Å²) in [7, 11) is 0. The van der Waals surface area contributed by atoms with E-state index in [0.717, 1.165) is 12.2 Å². The van der Waals surface area contributed by atoms with Gasteiger partial charge in [0.15, 0.2) is 0 Å². The molecule has 0 saturated heterocycles. The van der Waals surface area contributed by atoms with Crippen LogP contribution in [0.5, 0.6) is 0 Å². The lowest BCUT2D eigenvalue weighted by Gasteiger charge is -1.84. The number of thioether (sulfide) groups is 1. The summed E-state index contributed by atoms with van der Waals surface area (Å²) in [5, 5.41) is 9.93. The summed E-state index contributed by atoms with van der Waals surface area (Å²) in [6, 6.07) is 0. The molecule has 4 heteroatoms. The largest absolute Gasteiger partial charge is 0.330 e. The summed E-state index contributed by atoms with van der Waals surface area (Å²) in [5.74, 6) is 0.868. The third kappa shape index (κ3) is 9.56. The average molecular weight is 197 g/mol. The van der Waals surface area contributed by atoms with Crippen LogP contribution in [0.4, 0.5) is 0 Å². The van der Waals surface area contributed by atoms with Gasteiger partial charge in [0.05, 0.1) is 0 Å². The Morgan fingerprint density at radius 1 is 1.62 bits per heavy atom. The van der Waals surface area contributed by atoms with Gasteiger partial charge in [0.1, 0.15) is 5.40 Å². The topological polar surface area (TPSA) is 49.8 Å². The van der Waals surface area contributed by atoms with Crippen LogP contribution >= 0.6 is 28.7 Å². The highest BCUT2D eigenvalue weighted by Gasteiger charge is 1.80. The standard InChI is InChI=1S/C4H8N2S.BrH/c5-2-1-3-7-4-6;/h1-3,5H2;1H. The van der Waals surface area contributed by atoms with E-state index in [9.17, 15) is 0 Å². The molecule has 0 aliphatic carbocycles. The van der Waals surface area contributed by atoms with Gasteiger partial charge in [-0.3, -0.25) is 0 Å². The Hall–Kier alpha value is 0.280. The molecule has 2 nitrogen and oxygen atoms in total. The number of nitrogens with two attached hydrogens (primary N) is 1. The van der Waals surface area contributed by atoms with E-state index in [2.05, 4.69) is 0 Å². The fourth-order valence-electron chi connectivity index (χ4n) is 0.201. The van der Waals surface area contributed by atoms with Crippen molar-refractivity contribution >= 4 is 28.7 Å². The van der Waals surface area contributed by atoms with Crippen molar-refractivity contribution in [3.8, 4) is 5.40 Å². The molecule has 8 heavy (non-hydrogen) atoms. The lowest BCUT2D eigenvalue weighted by Crippen LogP contribution is -1.98. The zero-order valence-corrected chi connectivity index (χ0v) is 6.99. The Labute approximate surface area is 64.2 Å². The van der Waals surface area contributed by atoms with Crippen LogP contribution in [0.3, 0.4) is 0 Å². The monoisotopic (exact) mass is 196 g/mol. The van der Waals surface area contributed by atoms with Gasteiger partial charge >= 0.3 is 0 Å². The minimum atomic E-state index is 0. The SMILES string of the molecule is Br.N#CSCCCN. The van der Waals surface area contributed by atoms with Gasteiger partial charge in [0.2, 0.25) is 0 Å². The van der Waals surface area contributed by atoms with Gasteiger partial charge in [0.25, 0.3) is 0 Å². The van der Waals surface area contributed by atoms with Gasteiger partial charge in [-0.1, -0.05) is 0 Å². The molecular formula is C4H9BrN2S. The third-order valence-corrected chi connectivity index (χ3v) is 1.14. The quantitative estimate of drug-likeness (QED) is 0.545. The van der Waals surface area contributed by atoms with Gasteiger partial charge in [0, 0.05) is 5.75 Å². The summed E-state index contributed by atoms with van der Waals surface area (Å²) in [6.07, 6.45) is 0.943. The molecule has 0 saturated carbocycles. The second-order valence-corrected chi connectivity index (χ2v) is 1.96. The van der Waals surface area contributed by atoms with E-state index in [1.54, 1.807) is 0 Å². The van der Waals surface area contributed by atoms with E-state index < -0.39 is 0 Å². The first kappa shape index (κ1) is 11.1. The van der Waals surface area contributed by atoms with Crippen LogP contribution < -0.4 is 5.73 Å². The van der Waals surface area contributed by atoms with Crippen LogP contribution in [0.2, 0.25) is 0 Å². The molecule has 0 atom stereocenters. The highest BCUT2D eigenvalue weighted by Crippen LogP contribution is 1.95. The molecule has 0 aliphatic rings. The van der Waals surface area contributed by atoms with Crippen LogP contribution in [0, 0.1) is 10.7 Å². The zero-order valence-electron chi connectivity index (χ0n) is 4.46. The molecule has 0 fully saturated rings. The lowest BCUT2D eigenvalue weighted by molar-refractivity contribution is 0.945. The number of rotatable bonds is 3. The van der Waals surface area contributed by atoms with E-state index in [-0.39, 0.29) is 17.0 Å². The molecular weight excluding hydrogens is 188 g/mol. The Balaban J connectivity index is 0. The second kappa shape index (κ2) is 10.3. The lowest BCUT2D eigenvalue weighted by atomic mass is 10.5. The molecule has 0 heterocycles. The zero-order chi connectivity index (χ0) is 5.54. The number of thiocyanates is 1. The predicted molar refractivity (Wildman–Crippen MR) is 42.1 cm³/mol. The molecule has 0 amide bonds. The summed E-state index contributed by atoms with van der Waals surface area (Å²) >= 11 is 1.26. The van der Waals surface area contributed by atoms with Crippen molar-refractivity contribution in [2.45, 2.75) is 6.42 Å². The molecule has 2 N–H and O–H groups in total. The normalized spacial score (nSPS) is 7.00. The molecule has 0 aliphatic heterocycles. The second-order valence-electron chi connectivity index (χ2n) is 1.08. The van der Waals surface area contributed by atoms with Crippen LogP contribution in [-0.2, 0) is 0 Å². The first-order valence-corrected chi connectivity index (χ1v) is 3.11. The summed E-state index contributed by atoms with van der Waals surface area (Å²) < 4.78 is 0. The number of nitriles is 1. The van der Waals surface area contributed by atoms with Crippen molar-refractivity contribution in [2.24, 2.45) is 5.73 Å². The van der Waals surface area contributed by atoms with Crippen LogP contribution in [0.1, 0.15) is 6.42 Å². The molecule has 48 valence electrons. The molecule has 0 aromatic heterocycles. The number of hydrogen-bond donors (Lipinski definition) is 1. The van der Waals surface area contributed by atoms with Gasteiger partial charge < -0.3 is 5.73 Å². The fraction of sp³-hybridized carbons (Fsp3) is 0.750. The summed E-state index contributed by atoms with van der Waals surface area (Å²) in [6.45, 7) is 0.689. The van der Waals surface area contributed by atoms with Gasteiger partial charge in [-0.15, -0.1) is 17.0 Å². The van der Waals surface area contributed by atoms with Crippen LogP contribution in [-0.4, -0.2) is 12.3 Å². The van der Waals surface area contributed by atoms with Crippen molar-refractivity contribution in [3.05, 3.63) is 0 Å². The molecule has 0 unspecified atom stereocenters. The van der Waals surface area contributed by atoms with Crippen LogP contribution in [0.25, 0.3) is 0 Å². The number of nitrogens with zero attached hydrogens (tertiary/aromatic N) is 1. The third-order valence-electron chi connectivity index (χ3n) is 0.515. The average Bonchev–Trinajstić information content (AvgIpc) is 1.69. The first-order chi connectivity index (χ1) is 3.41. The predicted octanol–water partition coefficient (Wildman–Crippen LogP) is 1.13. The van der Waals surface area contributed by atoms with Crippen molar-refractivity contribution in [1.29, 1.82) is 5.26 Å². The van der Waals surface area contributed by atoms with Crippen molar-refractivity contribution in [1.82, 2.24) is 0 Å². The number of hydrogen-bond acceptors (Lipinski definition) is 3. The Kier molecular flexibility index (Phi) is 14.3. The maximum atomic E-state index is 7.97. The van der Waals surface area contributed by atoms with Crippen molar-refractivity contribution in [3.63, 3.8) is 0 Å². The first-order valence-electron chi connectivity index (χ1n) is 2.12. The van der Waals surface area contributed by atoms with E-state index >= 15 is 0 Å². The smallest absolute Gasteiger partial charge is 0.133 e. The van der Waals surface area contributed by atoms with Gasteiger partial charge in [-0.05, 0) is 24.7 Å². The van der Waals surface area contributed by atoms with Gasteiger partial charge in [-0.25, -0.2) is 0 Å². The Morgan fingerprint density at radius 2 is 2.25 bits per heavy atom. The fourth-order valence-corrected chi connectivity index (χ4v) is 0.603. The summed E-state index contributed by atoms with van der Waals surface area (Å²) in [5.41, 5.74) is 5.15. The molecule has 0 spiro atoms. The molecule has 0 radical (unpaired) electrons. The Morgan fingerprint density at radius 3 is 2.62 bits per heavy atom. The van der Waals surface area contributed by atoms with Gasteiger partial charge in [-0.2, -0.15) is 5.26 Å². The van der Waals surface area contributed by atoms with E-state index in [0.29, 0.717) is 6.54 Å². The summed E-state index contributed by atoms with van der Waals surface area (Å²) in [4.78, 5) is 0. The Bertz CT molecular complexity index is 70.9.